The molecule has 0 fully saturated rings. The maximum atomic E-state index is 12.7. The van der Waals surface area contributed by atoms with E-state index in [0.717, 1.165) is 4.68 Å². The minimum absolute atomic E-state index is 0.0854. The Labute approximate surface area is 179 Å². The Kier molecular flexibility index (Phi) is 5.72. The van der Waals surface area contributed by atoms with Crippen molar-refractivity contribution in [3.63, 3.8) is 0 Å². The molecular weight excluding hydrogens is 430 g/mol. The first-order valence-electron chi connectivity index (χ1n) is 9.63. The van der Waals surface area contributed by atoms with Gasteiger partial charge in [-0.25, -0.2) is 22.5 Å². The highest BCUT2D eigenvalue weighted by Gasteiger charge is 2.21. The van der Waals surface area contributed by atoms with E-state index in [1.54, 1.807) is 26.0 Å². The van der Waals surface area contributed by atoms with Crippen LogP contribution in [0.2, 0.25) is 0 Å². The Morgan fingerprint density at radius 2 is 1.84 bits per heavy atom. The van der Waals surface area contributed by atoms with Gasteiger partial charge in [0.15, 0.2) is 0 Å². The molecule has 4 heterocycles. The lowest BCUT2D eigenvalue weighted by Gasteiger charge is -2.08. The molecule has 32 heavy (non-hydrogen) atoms. The van der Waals surface area contributed by atoms with Crippen LogP contribution in [0.3, 0.4) is 0 Å². The Hall–Kier alpha value is -3.63. The highest BCUT2D eigenvalue weighted by molar-refractivity contribution is 5.93. The highest BCUT2D eigenvalue weighted by atomic mass is 19.3. The zero-order valence-corrected chi connectivity index (χ0v) is 17.1. The van der Waals surface area contributed by atoms with Gasteiger partial charge >= 0.3 is 0 Å². The summed E-state index contributed by atoms with van der Waals surface area (Å²) in [5.41, 5.74) is 3.28. The smallest absolute Gasteiger partial charge is 0.272 e. The summed E-state index contributed by atoms with van der Waals surface area (Å²) in [6.07, 6.45) is 0.512. The molecule has 0 bridgehead atoms. The summed E-state index contributed by atoms with van der Waals surface area (Å²) < 4.78 is 57.8. The summed E-state index contributed by atoms with van der Waals surface area (Å²) in [4.78, 5) is 8.66. The molecule has 4 aromatic heterocycles. The lowest BCUT2D eigenvalue weighted by Crippen LogP contribution is -2.07. The zero-order chi connectivity index (χ0) is 23.0. The van der Waals surface area contributed by atoms with Crippen molar-refractivity contribution in [3.05, 3.63) is 48.2 Å². The fourth-order valence-electron chi connectivity index (χ4n) is 3.56. The normalized spacial score (nSPS) is 11.8. The van der Waals surface area contributed by atoms with Gasteiger partial charge in [-0.1, -0.05) is 0 Å². The molecule has 0 amide bonds. The first-order valence-corrected chi connectivity index (χ1v) is 9.63. The predicted molar refractivity (Wildman–Crippen MR) is 109 cm³/mol. The van der Waals surface area contributed by atoms with E-state index >= 15 is 0 Å². The number of rotatable bonds is 7. The third kappa shape index (κ3) is 4.10. The Morgan fingerprint density at radius 3 is 2.56 bits per heavy atom. The highest BCUT2D eigenvalue weighted by Crippen LogP contribution is 2.37. The van der Waals surface area contributed by atoms with Gasteiger partial charge in [-0.3, -0.25) is 14.2 Å². The van der Waals surface area contributed by atoms with Crippen LogP contribution >= 0.6 is 0 Å². The van der Waals surface area contributed by atoms with Crippen LogP contribution in [-0.4, -0.2) is 48.9 Å². The summed E-state index contributed by atoms with van der Waals surface area (Å²) in [6.45, 7) is 2.23. The summed E-state index contributed by atoms with van der Waals surface area (Å²) in [5.74, 6) is 0.101. The number of aromatic hydroxyl groups is 1. The quantitative estimate of drug-likeness (QED) is 0.420. The molecule has 0 aliphatic rings. The van der Waals surface area contributed by atoms with E-state index in [-0.39, 0.29) is 11.6 Å². The van der Waals surface area contributed by atoms with Crippen molar-refractivity contribution >= 4 is 10.9 Å². The molecular formula is C21H19F4N5O2. The summed E-state index contributed by atoms with van der Waals surface area (Å²) >= 11 is 0. The molecule has 1 N–H and O–H groups in total. The molecule has 0 atom stereocenters. The second-order valence-electron chi connectivity index (χ2n) is 7.22. The number of alkyl halides is 4. The predicted octanol–water partition coefficient (Wildman–Crippen LogP) is 4.52. The van der Waals surface area contributed by atoms with Gasteiger partial charge in [-0.05, 0) is 31.5 Å². The van der Waals surface area contributed by atoms with Gasteiger partial charge in [0.25, 0.3) is 12.9 Å². The first kappa shape index (κ1) is 21.6. The largest absolute Gasteiger partial charge is 0.494 e. The summed E-state index contributed by atoms with van der Waals surface area (Å²) in [5, 5.41) is 15.3. The molecule has 0 aromatic carbocycles. The molecule has 0 aliphatic heterocycles. The van der Waals surface area contributed by atoms with Crippen molar-refractivity contribution in [1.29, 1.82) is 0 Å². The number of aromatic nitrogens is 5. The molecule has 0 aliphatic carbocycles. The number of fused-ring (bicyclic) bond motifs is 1. The molecule has 0 spiro atoms. The van der Waals surface area contributed by atoms with Crippen molar-refractivity contribution in [3.8, 4) is 28.6 Å². The van der Waals surface area contributed by atoms with E-state index in [9.17, 15) is 22.7 Å². The van der Waals surface area contributed by atoms with Crippen LogP contribution in [0.5, 0.6) is 11.6 Å². The van der Waals surface area contributed by atoms with Crippen molar-refractivity contribution in [2.45, 2.75) is 33.2 Å². The van der Waals surface area contributed by atoms with E-state index < -0.39 is 26.0 Å². The van der Waals surface area contributed by atoms with Gasteiger partial charge in [0.1, 0.15) is 18.9 Å². The monoisotopic (exact) mass is 449 g/mol. The number of aryl methyl sites for hydroxylation is 2. The molecule has 0 saturated heterocycles. The average molecular weight is 449 g/mol. The van der Waals surface area contributed by atoms with Crippen molar-refractivity contribution in [2.24, 2.45) is 0 Å². The Balaban J connectivity index is 1.77. The van der Waals surface area contributed by atoms with E-state index in [2.05, 4.69) is 15.1 Å². The molecule has 7 nitrogen and oxygen atoms in total. The maximum absolute atomic E-state index is 12.7. The molecule has 0 radical (unpaired) electrons. The number of hydrogen-bond acceptors (Lipinski definition) is 5. The van der Waals surface area contributed by atoms with Crippen LogP contribution in [0.15, 0.2) is 36.9 Å². The topological polar surface area (TPSA) is 78.0 Å². The minimum atomic E-state index is -2.61. The second kappa shape index (κ2) is 8.48. The van der Waals surface area contributed by atoms with Gasteiger partial charge in [-0.15, -0.1) is 0 Å². The molecule has 4 aromatic rings. The van der Waals surface area contributed by atoms with Crippen LogP contribution < -0.4 is 4.74 Å². The molecule has 0 unspecified atom stereocenters. The number of nitrogens with zero attached hydrogens (tertiary/aromatic N) is 5. The van der Waals surface area contributed by atoms with Gasteiger partial charge in [-0.2, -0.15) is 5.10 Å². The third-order valence-corrected chi connectivity index (χ3v) is 4.92. The minimum Gasteiger partial charge on any atom is -0.494 e. The van der Waals surface area contributed by atoms with Crippen LogP contribution in [0.4, 0.5) is 17.6 Å². The van der Waals surface area contributed by atoms with Gasteiger partial charge in [0.2, 0.25) is 5.88 Å². The first-order chi connectivity index (χ1) is 15.2. The Morgan fingerprint density at radius 1 is 1.06 bits per heavy atom. The van der Waals surface area contributed by atoms with Gasteiger partial charge < -0.3 is 9.84 Å². The average Bonchev–Trinajstić information content (AvgIpc) is 3.28. The van der Waals surface area contributed by atoms with Gasteiger partial charge in [0, 0.05) is 23.7 Å². The SMILES string of the molecule is Cc1cc(-c2cncc(OCC(F)F)c2)nc2c(C)n(-c3cnn(CC(F)F)c3)c(O)c12. The third-order valence-electron chi connectivity index (χ3n) is 4.92. The molecule has 11 heteroatoms. The van der Waals surface area contributed by atoms with Crippen LogP contribution in [-0.2, 0) is 6.54 Å². The van der Waals surface area contributed by atoms with Crippen LogP contribution in [0.1, 0.15) is 11.3 Å². The molecule has 168 valence electrons. The summed E-state index contributed by atoms with van der Waals surface area (Å²) in [6, 6.07) is 3.30. The van der Waals surface area contributed by atoms with Gasteiger partial charge in [0.05, 0.1) is 34.7 Å². The molecule has 0 saturated carbocycles. The standard InChI is InChI=1S/C21H19F4N5O2/c1-11-3-16(13-4-15(7-26-5-13)32-10-18(24)25)28-20-12(2)30(21(31)19(11)20)14-6-27-29(8-14)9-17(22)23/h3-8,17-18,31H,9-10H2,1-2H3. The van der Waals surface area contributed by atoms with Crippen molar-refractivity contribution < 1.29 is 27.4 Å². The Bertz CT molecular complexity index is 1270. The van der Waals surface area contributed by atoms with Crippen LogP contribution in [0.25, 0.3) is 27.8 Å². The second-order valence-corrected chi connectivity index (χ2v) is 7.22. The van der Waals surface area contributed by atoms with Crippen molar-refractivity contribution in [1.82, 2.24) is 24.3 Å². The van der Waals surface area contributed by atoms with E-state index in [0.29, 0.717) is 39.1 Å². The zero-order valence-electron chi connectivity index (χ0n) is 17.1. The van der Waals surface area contributed by atoms with Crippen molar-refractivity contribution in [2.75, 3.05) is 6.61 Å². The number of ether oxygens (including phenoxy) is 1. The van der Waals surface area contributed by atoms with E-state index in [1.165, 1.54) is 29.4 Å². The fraction of sp³-hybridized carbons (Fsp3) is 0.286. The maximum Gasteiger partial charge on any atom is 0.272 e. The number of halogens is 4. The van der Waals surface area contributed by atoms with E-state index in [1.807, 2.05) is 0 Å². The lowest BCUT2D eigenvalue weighted by atomic mass is 10.1. The lowest BCUT2D eigenvalue weighted by molar-refractivity contribution is 0.0817. The summed E-state index contributed by atoms with van der Waals surface area (Å²) in [7, 11) is 0. The fourth-order valence-corrected chi connectivity index (χ4v) is 3.56. The van der Waals surface area contributed by atoms with E-state index in [4.69, 9.17) is 4.74 Å². The number of pyridine rings is 2. The number of hydrogen-bond donors (Lipinski definition) is 1. The molecule has 4 rings (SSSR count). The van der Waals surface area contributed by atoms with Crippen LogP contribution in [0, 0.1) is 13.8 Å².